The van der Waals surface area contributed by atoms with Gasteiger partial charge in [-0.05, 0) is 54.4 Å². The molecule has 118 valence electrons. The molecule has 0 aromatic heterocycles. The lowest BCUT2D eigenvalue weighted by Crippen LogP contribution is -1.95. The molecule has 0 aliphatic carbocycles. The number of fused-ring (bicyclic) bond motifs is 1. The molecule has 0 unspecified atom stereocenters. The Balaban J connectivity index is 2.44. The fourth-order valence-corrected chi connectivity index (χ4v) is 3.50. The van der Waals surface area contributed by atoms with Crippen molar-refractivity contribution in [3.05, 3.63) is 52.0 Å². The lowest BCUT2D eigenvalue weighted by molar-refractivity contribution is 0.406. The minimum Gasteiger partial charge on any atom is -0.507 e. The molecule has 0 amide bonds. The zero-order valence-electron chi connectivity index (χ0n) is 13.1. The predicted molar refractivity (Wildman–Crippen MR) is 96.4 cm³/mol. The van der Waals surface area contributed by atoms with E-state index in [1.54, 1.807) is 19.2 Å². The monoisotopic (exact) mass is 372 g/mol. The average molecular weight is 373 g/mol. The molecule has 23 heavy (non-hydrogen) atoms. The van der Waals surface area contributed by atoms with E-state index in [0.717, 1.165) is 26.4 Å². The van der Waals surface area contributed by atoms with Gasteiger partial charge < -0.3 is 14.9 Å². The number of benzene rings is 3. The van der Waals surface area contributed by atoms with Gasteiger partial charge in [-0.15, -0.1) is 0 Å². The number of phenolic OH excluding ortho intramolecular Hbond substituents is 2. The largest absolute Gasteiger partial charge is 0.507 e. The highest BCUT2D eigenvalue weighted by Crippen LogP contribution is 2.46. The van der Waals surface area contributed by atoms with E-state index in [9.17, 15) is 10.2 Å². The van der Waals surface area contributed by atoms with E-state index in [4.69, 9.17) is 4.74 Å². The molecule has 4 heteroatoms. The third kappa shape index (κ3) is 2.53. The summed E-state index contributed by atoms with van der Waals surface area (Å²) in [5, 5.41) is 22.8. The van der Waals surface area contributed by atoms with E-state index in [1.807, 2.05) is 38.1 Å². The van der Waals surface area contributed by atoms with Crippen LogP contribution in [0.25, 0.3) is 21.9 Å². The van der Waals surface area contributed by atoms with E-state index in [1.165, 1.54) is 0 Å². The van der Waals surface area contributed by atoms with Crippen LogP contribution in [0, 0.1) is 13.8 Å². The molecule has 0 spiro atoms. The first-order valence-electron chi connectivity index (χ1n) is 7.22. The second kappa shape index (κ2) is 5.78. The number of halogens is 1. The van der Waals surface area contributed by atoms with Gasteiger partial charge in [0.2, 0.25) is 0 Å². The summed E-state index contributed by atoms with van der Waals surface area (Å²) in [4.78, 5) is 0. The highest BCUT2D eigenvalue weighted by molar-refractivity contribution is 9.10. The van der Waals surface area contributed by atoms with Crippen LogP contribution in [-0.2, 0) is 0 Å². The van der Waals surface area contributed by atoms with Crippen LogP contribution in [0.15, 0.2) is 40.9 Å². The van der Waals surface area contributed by atoms with Crippen LogP contribution in [0.5, 0.6) is 17.2 Å². The SMILES string of the molecule is COc1c(C)cc(O)c(-c2c(O)ccc3cc(Br)ccc23)c1C. The molecule has 3 aromatic carbocycles. The first-order chi connectivity index (χ1) is 10.9. The Hall–Kier alpha value is -2.20. The number of ether oxygens (including phenoxy) is 1. The fourth-order valence-electron chi connectivity index (χ4n) is 3.13. The van der Waals surface area contributed by atoms with Crippen molar-refractivity contribution in [3.8, 4) is 28.4 Å². The maximum absolute atomic E-state index is 10.5. The van der Waals surface area contributed by atoms with Gasteiger partial charge in [-0.3, -0.25) is 0 Å². The van der Waals surface area contributed by atoms with E-state index in [-0.39, 0.29) is 11.5 Å². The Labute approximate surface area is 143 Å². The van der Waals surface area contributed by atoms with Crippen molar-refractivity contribution in [1.82, 2.24) is 0 Å². The van der Waals surface area contributed by atoms with Crippen molar-refractivity contribution in [3.63, 3.8) is 0 Å². The van der Waals surface area contributed by atoms with Gasteiger partial charge >= 0.3 is 0 Å². The summed E-state index contributed by atoms with van der Waals surface area (Å²) in [7, 11) is 1.61. The molecule has 0 heterocycles. The summed E-state index contributed by atoms with van der Waals surface area (Å²) in [6.07, 6.45) is 0. The number of methoxy groups -OCH3 is 1. The van der Waals surface area contributed by atoms with E-state index in [2.05, 4.69) is 15.9 Å². The number of hydrogen-bond acceptors (Lipinski definition) is 3. The summed E-state index contributed by atoms with van der Waals surface area (Å²) in [5.41, 5.74) is 2.87. The van der Waals surface area contributed by atoms with Crippen molar-refractivity contribution < 1.29 is 14.9 Å². The highest BCUT2D eigenvalue weighted by Gasteiger charge is 2.20. The summed E-state index contributed by atoms with van der Waals surface area (Å²) >= 11 is 3.46. The molecule has 3 aromatic rings. The summed E-state index contributed by atoms with van der Waals surface area (Å²) in [6, 6.07) is 11.0. The molecule has 2 N–H and O–H groups in total. The Bertz CT molecular complexity index is 916. The van der Waals surface area contributed by atoms with E-state index >= 15 is 0 Å². The molecule has 0 aliphatic heterocycles. The standard InChI is InChI=1S/C19H17BrO3/c1-10-8-16(22)17(11(2)19(10)23-3)18-14-6-5-13(20)9-12(14)4-7-15(18)21/h4-9,21-22H,1-3H3. The van der Waals surface area contributed by atoms with Crippen molar-refractivity contribution in [1.29, 1.82) is 0 Å². The number of rotatable bonds is 2. The predicted octanol–water partition coefficient (Wildman–Crippen LogP) is 5.31. The number of phenols is 2. The van der Waals surface area contributed by atoms with Gasteiger partial charge in [0.05, 0.1) is 7.11 Å². The minimum atomic E-state index is 0.129. The van der Waals surface area contributed by atoms with Crippen LogP contribution in [0.1, 0.15) is 11.1 Å². The molecule has 3 rings (SSSR count). The van der Waals surface area contributed by atoms with Gasteiger partial charge in [-0.25, -0.2) is 0 Å². The smallest absolute Gasteiger partial charge is 0.125 e. The van der Waals surface area contributed by atoms with Gasteiger partial charge in [-0.1, -0.05) is 28.1 Å². The lowest BCUT2D eigenvalue weighted by atomic mass is 9.91. The van der Waals surface area contributed by atoms with Gasteiger partial charge in [0.25, 0.3) is 0 Å². The first-order valence-corrected chi connectivity index (χ1v) is 8.02. The van der Waals surface area contributed by atoms with Crippen LogP contribution < -0.4 is 4.74 Å². The quantitative estimate of drug-likeness (QED) is 0.640. The normalized spacial score (nSPS) is 11.0. The Kier molecular flexibility index (Phi) is 3.94. The second-order valence-electron chi connectivity index (χ2n) is 5.57. The average Bonchev–Trinajstić information content (AvgIpc) is 2.49. The third-order valence-corrected chi connectivity index (χ3v) is 4.59. The molecule has 0 saturated heterocycles. The zero-order chi connectivity index (χ0) is 16.7. The fraction of sp³-hybridized carbons (Fsp3) is 0.158. The summed E-state index contributed by atoms with van der Waals surface area (Å²) < 4.78 is 6.43. The Morgan fingerprint density at radius 3 is 2.35 bits per heavy atom. The van der Waals surface area contributed by atoms with Crippen LogP contribution >= 0.6 is 15.9 Å². The summed E-state index contributed by atoms with van der Waals surface area (Å²) in [6.45, 7) is 3.77. The van der Waals surface area contributed by atoms with Gasteiger partial charge in [0.1, 0.15) is 17.2 Å². The lowest BCUT2D eigenvalue weighted by Gasteiger charge is -2.18. The maximum atomic E-state index is 10.5. The molecular formula is C19H17BrO3. The molecule has 0 aliphatic rings. The van der Waals surface area contributed by atoms with Crippen molar-refractivity contribution in [2.24, 2.45) is 0 Å². The van der Waals surface area contributed by atoms with E-state index in [0.29, 0.717) is 16.9 Å². The van der Waals surface area contributed by atoms with Crippen molar-refractivity contribution in [2.45, 2.75) is 13.8 Å². The second-order valence-corrected chi connectivity index (χ2v) is 6.49. The molecule has 0 bridgehead atoms. The highest BCUT2D eigenvalue weighted by atomic mass is 79.9. The van der Waals surface area contributed by atoms with Crippen molar-refractivity contribution in [2.75, 3.05) is 7.11 Å². The Morgan fingerprint density at radius 2 is 1.65 bits per heavy atom. The molecule has 0 fully saturated rings. The number of aromatic hydroxyl groups is 2. The Morgan fingerprint density at radius 1 is 0.913 bits per heavy atom. The molecule has 0 radical (unpaired) electrons. The number of hydrogen-bond donors (Lipinski definition) is 2. The maximum Gasteiger partial charge on any atom is 0.125 e. The zero-order valence-corrected chi connectivity index (χ0v) is 14.7. The van der Waals surface area contributed by atoms with E-state index < -0.39 is 0 Å². The van der Waals surface area contributed by atoms with Gasteiger partial charge in [0, 0.05) is 21.2 Å². The summed E-state index contributed by atoms with van der Waals surface area (Å²) in [5.74, 6) is 0.974. The van der Waals surface area contributed by atoms with Crippen LogP contribution in [0.4, 0.5) is 0 Å². The van der Waals surface area contributed by atoms with Crippen molar-refractivity contribution >= 4 is 26.7 Å². The molecule has 0 saturated carbocycles. The minimum absolute atomic E-state index is 0.129. The molecule has 0 atom stereocenters. The molecular weight excluding hydrogens is 356 g/mol. The van der Waals surface area contributed by atoms with Gasteiger partial charge in [0.15, 0.2) is 0 Å². The van der Waals surface area contributed by atoms with Crippen LogP contribution in [0.2, 0.25) is 0 Å². The van der Waals surface area contributed by atoms with Crippen LogP contribution in [0.3, 0.4) is 0 Å². The number of aryl methyl sites for hydroxylation is 1. The first kappa shape index (κ1) is 15.7. The third-order valence-electron chi connectivity index (χ3n) is 4.10. The van der Waals surface area contributed by atoms with Crippen LogP contribution in [-0.4, -0.2) is 17.3 Å². The topological polar surface area (TPSA) is 49.7 Å². The molecule has 3 nitrogen and oxygen atoms in total. The van der Waals surface area contributed by atoms with Gasteiger partial charge in [-0.2, -0.15) is 0 Å².